The first-order valence-electron chi connectivity index (χ1n) is 8.60. The monoisotopic (exact) mass is 428 g/mol. The molecule has 3 rings (SSSR count). The molecule has 0 bridgehead atoms. The Bertz CT molecular complexity index is 1050. The lowest BCUT2D eigenvalue weighted by Crippen LogP contribution is -2.46. The number of benzene rings is 2. The van der Waals surface area contributed by atoms with Crippen LogP contribution in [0, 0.1) is 6.92 Å². The standard InChI is InChI=1S/C20H17ClN4O3S/c1-12-17(29-20(23-12)13-6-3-2-4-7-13)19(28)25-24-16(26)11-22-18(27)14-8-5-9-15(21)10-14/h2-10H,11H2,1H3,(H,22,27)(H,24,26)(H,25,28). The summed E-state index contributed by atoms with van der Waals surface area (Å²) in [6.45, 7) is 1.42. The minimum Gasteiger partial charge on any atom is -0.343 e. The van der Waals surface area contributed by atoms with Crippen LogP contribution in [0.2, 0.25) is 5.02 Å². The summed E-state index contributed by atoms with van der Waals surface area (Å²) in [5.74, 6) is -1.49. The molecule has 0 atom stereocenters. The highest BCUT2D eigenvalue weighted by atomic mass is 35.5. The fraction of sp³-hybridized carbons (Fsp3) is 0.100. The quantitative estimate of drug-likeness (QED) is 0.544. The fourth-order valence-corrected chi connectivity index (χ4v) is 3.59. The number of amides is 3. The zero-order chi connectivity index (χ0) is 20.8. The lowest BCUT2D eigenvalue weighted by atomic mass is 10.2. The molecule has 0 unspecified atom stereocenters. The van der Waals surface area contributed by atoms with Crippen molar-refractivity contribution in [1.29, 1.82) is 0 Å². The van der Waals surface area contributed by atoms with Crippen molar-refractivity contribution in [2.75, 3.05) is 6.54 Å². The van der Waals surface area contributed by atoms with E-state index in [0.717, 1.165) is 5.56 Å². The van der Waals surface area contributed by atoms with Crippen LogP contribution in [0.4, 0.5) is 0 Å². The van der Waals surface area contributed by atoms with Crippen LogP contribution in [0.3, 0.4) is 0 Å². The van der Waals surface area contributed by atoms with Crippen LogP contribution < -0.4 is 16.2 Å². The Morgan fingerprint density at radius 2 is 1.76 bits per heavy atom. The maximum absolute atomic E-state index is 12.4. The van der Waals surface area contributed by atoms with Gasteiger partial charge in [0.1, 0.15) is 9.88 Å². The molecule has 9 heteroatoms. The van der Waals surface area contributed by atoms with Crippen LogP contribution in [-0.2, 0) is 4.79 Å². The molecule has 0 radical (unpaired) electrons. The minimum absolute atomic E-state index is 0.303. The SMILES string of the molecule is Cc1nc(-c2ccccc2)sc1C(=O)NNC(=O)CNC(=O)c1cccc(Cl)c1. The summed E-state index contributed by atoms with van der Waals surface area (Å²) in [5.41, 5.74) is 6.42. The second-order valence-corrected chi connectivity index (χ2v) is 7.43. The van der Waals surface area contributed by atoms with Crippen molar-refractivity contribution < 1.29 is 14.4 Å². The van der Waals surface area contributed by atoms with Crippen molar-refractivity contribution in [3.8, 4) is 10.6 Å². The first-order valence-corrected chi connectivity index (χ1v) is 9.79. The van der Waals surface area contributed by atoms with Gasteiger partial charge in [-0.3, -0.25) is 25.2 Å². The highest BCUT2D eigenvalue weighted by Gasteiger charge is 2.17. The van der Waals surface area contributed by atoms with Gasteiger partial charge in [-0.1, -0.05) is 48.0 Å². The van der Waals surface area contributed by atoms with Gasteiger partial charge in [-0.2, -0.15) is 0 Å². The van der Waals surface area contributed by atoms with Gasteiger partial charge in [0.25, 0.3) is 17.7 Å². The number of nitrogens with zero attached hydrogens (tertiary/aromatic N) is 1. The largest absolute Gasteiger partial charge is 0.343 e. The van der Waals surface area contributed by atoms with Crippen molar-refractivity contribution in [2.24, 2.45) is 0 Å². The van der Waals surface area contributed by atoms with Crippen LogP contribution in [-0.4, -0.2) is 29.3 Å². The molecule has 7 nitrogen and oxygen atoms in total. The van der Waals surface area contributed by atoms with E-state index in [4.69, 9.17) is 11.6 Å². The molecule has 0 saturated carbocycles. The molecule has 1 heterocycles. The van der Waals surface area contributed by atoms with E-state index in [1.165, 1.54) is 17.4 Å². The molecule has 3 aromatic rings. The van der Waals surface area contributed by atoms with Gasteiger partial charge in [-0.05, 0) is 25.1 Å². The third-order valence-electron chi connectivity index (χ3n) is 3.84. The molecule has 0 spiro atoms. The Morgan fingerprint density at radius 1 is 1.00 bits per heavy atom. The second kappa shape index (κ2) is 9.31. The van der Waals surface area contributed by atoms with Gasteiger partial charge in [-0.15, -0.1) is 11.3 Å². The maximum atomic E-state index is 12.4. The van der Waals surface area contributed by atoms with E-state index in [0.29, 0.717) is 26.2 Å². The molecule has 0 saturated heterocycles. The van der Waals surface area contributed by atoms with Gasteiger partial charge in [-0.25, -0.2) is 4.98 Å². The molecule has 2 aromatic carbocycles. The molecule has 0 aliphatic rings. The average molecular weight is 429 g/mol. The van der Waals surface area contributed by atoms with Crippen molar-refractivity contribution in [1.82, 2.24) is 21.2 Å². The predicted octanol–water partition coefficient (Wildman–Crippen LogP) is 2.96. The Balaban J connectivity index is 1.52. The maximum Gasteiger partial charge on any atom is 0.281 e. The van der Waals surface area contributed by atoms with Crippen molar-refractivity contribution >= 4 is 40.7 Å². The number of carbonyl (C=O) groups excluding carboxylic acids is 3. The molecule has 0 fully saturated rings. The molecule has 148 valence electrons. The smallest absolute Gasteiger partial charge is 0.281 e. The van der Waals surface area contributed by atoms with E-state index in [9.17, 15) is 14.4 Å². The van der Waals surface area contributed by atoms with Crippen molar-refractivity contribution in [2.45, 2.75) is 6.92 Å². The number of hydrogen-bond acceptors (Lipinski definition) is 5. The molecular weight excluding hydrogens is 412 g/mol. The van der Waals surface area contributed by atoms with Crippen LogP contribution in [0.1, 0.15) is 25.7 Å². The summed E-state index contributed by atoms with van der Waals surface area (Å²) in [5, 5.41) is 3.59. The van der Waals surface area contributed by atoms with E-state index in [-0.39, 0.29) is 6.54 Å². The molecule has 0 aliphatic heterocycles. The number of carbonyl (C=O) groups is 3. The lowest BCUT2D eigenvalue weighted by Gasteiger charge is -2.08. The number of hydrazine groups is 1. The van der Waals surface area contributed by atoms with Gasteiger partial charge in [0.2, 0.25) is 0 Å². The predicted molar refractivity (Wildman–Crippen MR) is 112 cm³/mol. The number of thiazole rings is 1. The van der Waals surface area contributed by atoms with Crippen molar-refractivity contribution in [3.63, 3.8) is 0 Å². The Labute approximate surface area is 176 Å². The van der Waals surface area contributed by atoms with E-state index in [2.05, 4.69) is 21.2 Å². The van der Waals surface area contributed by atoms with E-state index >= 15 is 0 Å². The summed E-state index contributed by atoms with van der Waals surface area (Å²) < 4.78 is 0. The zero-order valence-electron chi connectivity index (χ0n) is 15.4. The summed E-state index contributed by atoms with van der Waals surface area (Å²) in [6, 6.07) is 15.9. The molecule has 3 N–H and O–H groups in total. The minimum atomic E-state index is -0.570. The molecule has 0 aliphatic carbocycles. The Hall–Kier alpha value is -3.23. The third-order valence-corrected chi connectivity index (χ3v) is 5.28. The topological polar surface area (TPSA) is 100 Å². The number of aryl methyl sites for hydroxylation is 1. The first-order chi connectivity index (χ1) is 13.9. The molecule has 1 aromatic heterocycles. The molecular formula is C20H17ClN4O3S. The summed E-state index contributed by atoms with van der Waals surface area (Å²) in [4.78, 5) is 41.1. The van der Waals surface area contributed by atoms with Gasteiger partial charge in [0, 0.05) is 16.1 Å². The van der Waals surface area contributed by atoms with Crippen LogP contribution in [0.25, 0.3) is 10.6 Å². The average Bonchev–Trinajstić information content (AvgIpc) is 3.12. The normalized spacial score (nSPS) is 10.3. The zero-order valence-corrected chi connectivity index (χ0v) is 16.9. The number of nitrogens with one attached hydrogen (secondary N) is 3. The summed E-state index contributed by atoms with van der Waals surface area (Å²) >= 11 is 7.07. The lowest BCUT2D eigenvalue weighted by molar-refractivity contribution is -0.120. The fourth-order valence-electron chi connectivity index (χ4n) is 2.43. The Kier molecular flexibility index (Phi) is 6.58. The van der Waals surface area contributed by atoms with E-state index in [1.54, 1.807) is 25.1 Å². The highest BCUT2D eigenvalue weighted by molar-refractivity contribution is 7.17. The molecule has 3 amide bonds. The first kappa shape index (κ1) is 20.5. The van der Waals surface area contributed by atoms with Gasteiger partial charge in [0.15, 0.2) is 0 Å². The third kappa shape index (κ3) is 5.40. The van der Waals surface area contributed by atoms with Crippen molar-refractivity contribution in [3.05, 3.63) is 75.8 Å². The Morgan fingerprint density at radius 3 is 2.48 bits per heavy atom. The molecule has 29 heavy (non-hydrogen) atoms. The number of hydrogen-bond donors (Lipinski definition) is 3. The second-order valence-electron chi connectivity index (χ2n) is 5.99. The number of rotatable bonds is 5. The van der Waals surface area contributed by atoms with Crippen LogP contribution in [0.15, 0.2) is 54.6 Å². The van der Waals surface area contributed by atoms with Gasteiger partial charge >= 0.3 is 0 Å². The van der Waals surface area contributed by atoms with Crippen LogP contribution in [0.5, 0.6) is 0 Å². The number of aromatic nitrogens is 1. The highest BCUT2D eigenvalue weighted by Crippen LogP contribution is 2.27. The summed E-state index contributed by atoms with van der Waals surface area (Å²) in [6.07, 6.45) is 0. The van der Waals surface area contributed by atoms with E-state index < -0.39 is 17.7 Å². The van der Waals surface area contributed by atoms with Gasteiger partial charge < -0.3 is 5.32 Å². The van der Waals surface area contributed by atoms with Crippen LogP contribution >= 0.6 is 22.9 Å². The van der Waals surface area contributed by atoms with E-state index in [1.807, 2.05) is 30.3 Å². The van der Waals surface area contributed by atoms with Gasteiger partial charge in [0.05, 0.1) is 12.2 Å². The number of halogens is 1. The summed E-state index contributed by atoms with van der Waals surface area (Å²) in [7, 11) is 0.